The maximum atomic E-state index is 13.2. The molecule has 0 bridgehead atoms. The molecule has 0 saturated carbocycles. The zero-order chi connectivity index (χ0) is 21.7. The number of pyridine rings is 1. The van der Waals surface area contributed by atoms with E-state index < -0.39 is 0 Å². The number of benzene rings is 1. The van der Waals surface area contributed by atoms with Gasteiger partial charge in [0.1, 0.15) is 16.2 Å². The van der Waals surface area contributed by atoms with E-state index in [2.05, 4.69) is 44.3 Å². The van der Waals surface area contributed by atoms with Crippen molar-refractivity contribution in [1.82, 2.24) is 19.9 Å². The second-order valence-electron chi connectivity index (χ2n) is 8.65. The van der Waals surface area contributed by atoms with Gasteiger partial charge in [0.15, 0.2) is 0 Å². The molecule has 1 atom stereocenters. The number of hydrogen-bond acceptors (Lipinski definition) is 7. The lowest BCUT2D eigenvalue weighted by atomic mass is 10.1. The Hall–Kier alpha value is -2.88. The van der Waals surface area contributed by atoms with Gasteiger partial charge in [-0.25, -0.2) is 4.98 Å². The van der Waals surface area contributed by atoms with Crippen LogP contribution in [-0.2, 0) is 4.74 Å². The normalized spacial score (nSPS) is 19.9. The van der Waals surface area contributed by atoms with Crippen molar-refractivity contribution in [3.05, 3.63) is 40.0 Å². The lowest BCUT2D eigenvalue weighted by molar-refractivity contribution is 0.195. The van der Waals surface area contributed by atoms with Gasteiger partial charge < -0.3 is 29.8 Å². The average Bonchev–Trinajstić information content (AvgIpc) is 3.54. The minimum Gasteiger partial charge on any atom is -0.379 e. The summed E-state index contributed by atoms with van der Waals surface area (Å²) in [6, 6.07) is 8.54. The van der Waals surface area contributed by atoms with Crippen molar-refractivity contribution in [2.24, 2.45) is 0 Å². The smallest absolute Gasteiger partial charge is 0.262 e. The van der Waals surface area contributed by atoms with Gasteiger partial charge in [-0.2, -0.15) is 0 Å². The van der Waals surface area contributed by atoms with Crippen LogP contribution in [0.15, 0.2) is 34.4 Å². The van der Waals surface area contributed by atoms with E-state index in [0.29, 0.717) is 18.0 Å². The molecule has 2 saturated heterocycles. The number of fused-ring (bicyclic) bond motifs is 2. The van der Waals surface area contributed by atoms with Crippen molar-refractivity contribution >= 4 is 44.0 Å². The number of anilines is 2. The molecule has 166 valence electrons. The lowest BCUT2D eigenvalue weighted by Crippen LogP contribution is -2.44. The molecule has 1 unspecified atom stereocenters. The SMILES string of the molecule is CN1CCN(c2ccc3nc(-c4c(NC5CCOC5)c5ccsc5[nH]c4=O)[nH]c3c2)CC1. The quantitative estimate of drug-likeness (QED) is 0.443. The van der Waals surface area contributed by atoms with E-state index in [1.165, 1.54) is 17.0 Å². The zero-order valence-corrected chi connectivity index (χ0v) is 18.8. The van der Waals surface area contributed by atoms with Crippen LogP contribution in [0.2, 0.25) is 0 Å². The first-order chi connectivity index (χ1) is 15.7. The second kappa shape index (κ2) is 7.91. The molecule has 2 aliphatic heterocycles. The summed E-state index contributed by atoms with van der Waals surface area (Å²) in [4.78, 5) is 30.0. The van der Waals surface area contributed by atoms with E-state index in [0.717, 1.165) is 66.1 Å². The van der Waals surface area contributed by atoms with Crippen molar-refractivity contribution in [2.75, 3.05) is 56.7 Å². The zero-order valence-electron chi connectivity index (χ0n) is 18.0. The maximum absolute atomic E-state index is 13.2. The highest BCUT2D eigenvalue weighted by molar-refractivity contribution is 7.16. The molecule has 9 heteroatoms. The van der Waals surface area contributed by atoms with E-state index in [1.807, 2.05) is 17.5 Å². The molecule has 0 aliphatic carbocycles. The molecule has 2 fully saturated rings. The Labute approximate surface area is 189 Å². The fourth-order valence-corrected chi connectivity index (χ4v) is 5.41. The largest absolute Gasteiger partial charge is 0.379 e. The fraction of sp³-hybridized carbons (Fsp3) is 0.391. The Morgan fingerprint density at radius 2 is 2.06 bits per heavy atom. The number of thiophene rings is 1. The summed E-state index contributed by atoms with van der Waals surface area (Å²) in [5, 5.41) is 6.59. The molecule has 32 heavy (non-hydrogen) atoms. The van der Waals surface area contributed by atoms with Crippen LogP contribution in [0.25, 0.3) is 32.6 Å². The van der Waals surface area contributed by atoms with Crippen LogP contribution in [0.1, 0.15) is 6.42 Å². The Morgan fingerprint density at radius 1 is 1.19 bits per heavy atom. The van der Waals surface area contributed by atoms with Gasteiger partial charge in [-0.1, -0.05) is 0 Å². The van der Waals surface area contributed by atoms with Gasteiger partial charge in [0.2, 0.25) is 0 Å². The van der Waals surface area contributed by atoms with Crippen LogP contribution in [0.3, 0.4) is 0 Å². The number of aromatic amines is 2. The average molecular weight is 451 g/mol. The molecule has 0 spiro atoms. The third-order valence-electron chi connectivity index (χ3n) is 6.49. The Morgan fingerprint density at radius 3 is 2.88 bits per heavy atom. The van der Waals surface area contributed by atoms with Gasteiger partial charge in [0.05, 0.1) is 29.4 Å². The molecule has 1 aromatic carbocycles. The molecule has 0 radical (unpaired) electrons. The molecule has 4 aromatic rings. The van der Waals surface area contributed by atoms with E-state index in [4.69, 9.17) is 9.72 Å². The summed E-state index contributed by atoms with van der Waals surface area (Å²) in [5.41, 5.74) is 4.23. The van der Waals surface area contributed by atoms with Crippen LogP contribution >= 0.6 is 11.3 Å². The summed E-state index contributed by atoms with van der Waals surface area (Å²) in [5.74, 6) is 0.589. The third-order valence-corrected chi connectivity index (χ3v) is 7.32. The molecule has 3 aromatic heterocycles. The highest BCUT2D eigenvalue weighted by Crippen LogP contribution is 2.34. The number of imidazole rings is 1. The number of nitrogens with zero attached hydrogens (tertiary/aromatic N) is 3. The van der Waals surface area contributed by atoms with Crippen molar-refractivity contribution in [1.29, 1.82) is 0 Å². The highest BCUT2D eigenvalue weighted by Gasteiger charge is 2.23. The molecular weight excluding hydrogens is 424 g/mol. The molecule has 3 N–H and O–H groups in total. The van der Waals surface area contributed by atoms with Crippen LogP contribution < -0.4 is 15.8 Å². The number of likely N-dealkylation sites (N-methyl/N-ethyl adjacent to an activating group) is 1. The van der Waals surface area contributed by atoms with Gasteiger partial charge in [-0.3, -0.25) is 4.79 Å². The first kappa shape index (κ1) is 19.8. The molecule has 6 rings (SSSR count). The van der Waals surface area contributed by atoms with Crippen molar-refractivity contribution in [2.45, 2.75) is 12.5 Å². The van der Waals surface area contributed by atoms with E-state index in [-0.39, 0.29) is 11.6 Å². The van der Waals surface area contributed by atoms with Gasteiger partial charge in [-0.05, 0) is 43.1 Å². The molecule has 8 nitrogen and oxygen atoms in total. The Balaban J connectivity index is 1.43. The summed E-state index contributed by atoms with van der Waals surface area (Å²) in [6.07, 6.45) is 0.923. The number of nitrogens with one attached hydrogen (secondary N) is 3. The standard InChI is InChI=1S/C23H26N6O2S/c1-28-6-8-29(9-7-28)15-2-3-17-18(12-15)26-21(25-17)19-20(24-14-4-10-31-13-14)16-5-11-32-23(16)27-22(19)30/h2-3,5,11-12,14H,4,6-10,13H2,1H3,(H,25,26)(H2,24,27,30). The van der Waals surface area contributed by atoms with E-state index in [9.17, 15) is 4.79 Å². The monoisotopic (exact) mass is 450 g/mol. The highest BCUT2D eigenvalue weighted by atomic mass is 32.1. The first-order valence-electron chi connectivity index (χ1n) is 11.1. The van der Waals surface area contributed by atoms with Crippen molar-refractivity contribution in [3.63, 3.8) is 0 Å². The van der Waals surface area contributed by atoms with Crippen molar-refractivity contribution in [3.8, 4) is 11.4 Å². The summed E-state index contributed by atoms with van der Waals surface area (Å²) in [7, 11) is 2.16. The lowest BCUT2D eigenvalue weighted by Gasteiger charge is -2.34. The number of ether oxygens (including phenoxy) is 1. The Bertz CT molecular complexity index is 1330. The minimum atomic E-state index is -0.139. The van der Waals surface area contributed by atoms with E-state index >= 15 is 0 Å². The Kier molecular flexibility index (Phi) is 4.89. The second-order valence-corrected chi connectivity index (χ2v) is 9.57. The van der Waals surface area contributed by atoms with Gasteiger partial charge in [-0.15, -0.1) is 11.3 Å². The number of aromatic nitrogens is 3. The summed E-state index contributed by atoms with van der Waals surface area (Å²) < 4.78 is 5.55. The number of hydrogen-bond donors (Lipinski definition) is 3. The van der Waals surface area contributed by atoms with Crippen molar-refractivity contribution < 1.29 is 4.74 Å². The minimum absolute atomic E-state index is 0.139. The first-order valence-corrected chi connectivity index (χ1v) is 11.9. The summed E-state index contributed by atoms with van der Waals surface area (Å²) in [6.45, 7) is 5.52. The van der Waals surface area contributed by atoms with Crippen LogP contribution in [0.4, 0.5) is 11.4 Å². The number of rotatable bonds is 4. The fourth-order valence-electron chi connectivity index (χ4n) is 4.62. The van der Waals surface area contributed by atoms with Gasteiger partial charge in [0, 0.05) is 43.9 Å². The molecular formula is C23H26N6O2S. The maximum Gasteiger partial charge on any atom is 0.262 e. The third kappa shape index (κ3) is 3.46. The summed E-state index contributed by atoms with van der Waals surface area (Å²) >= 11 is 1.53. The predicted octanol–water partition coefficient (Wildman–Crippen LogP) is 3.09. The van der Waals surface area contributed by atoms with Crippen LogP contribution in [-0.4, -0.2) is 72.3 Å². The number of H-pyrrole nitrogens is 2. The molecule has 2 aliphatic rings. The van der Waals surface area contributed by atoms with Crippen LogP contribution in [0, 0.1) is 0 Å². The molecule has 5 heterocycles. The predicted molar refractivity (Wildman–Crippen MR) is 130 cm³/mol. The molecule has 0 amide bonds. The van der Waals surface area contributed by atoms with Gasteiger partial charge >= 0.3 is 0 Å². The number of piperazine rings is 1. The topological polar surface area (TPSA) is 89.3 Å². The van der Waals surface area contributed by atoms with Crippen LogP contribution in [0.5, 0.6) is 0 Å². The van der Waals surface area contributed by atoms with E-state index in [1.54, 1.807) is 0 Å². The van der Waals surface area contributed by atoms with Gasteiger partial charge in [0.25, 0.3) is 5.56 Å².